The molecule has 0 unspecified atom stereocenters. The highest BCUT2D eigenvalue weighted by atomic mass is 35.5. The monoisotopic (exact) mass is 475 g/mol. The Bertz CT molecular complexity index is 1630. The van der Waals surface area contributed by atoms with Crippen LogP contribution in [0.5, 0.6) is 0 Å². The summed E-state index contributed by atoms with van der Waals surface area (Å²) >= 11 is 6.23. The number of halogens is 2. The second-order valence-electron chi connectivity index (χ2n) is 7.60. The van der Waals surface area contributed by atoms with Crippen LogP contribution in [0, 0.1) is 5.82 Å². The summed E-state index contributed by atoms with van der Waals surface area (Å²) in [4.78, 5) is 21.6. The van der Waals surface area contributed by atoms with Gasteiger partial charge in [0, 0.05) is 17.1 Å². The molecule has 4 N–H and O–H groups in total. The molecule has 5 rings (SSSR count). The number of hydrogen-bond acceptors (Lipinski definition) is 5. The van der Waals surface area contributed by atoms with Crippen LogP contribution in [-0.2, 0) is 6.42 Å². The number of H-pyrrole nitrogens is 2. The minimum absolute atomic E-state index is 0.124. The van der Waals surface area contributed by atoms with E-state index < -0.39 is 5.82 Å². The number of benzene rings is 3. The number of hydrogen-bond donors (Lipinski definition) is 3. The van der Waals surface area contributed by atoms with Gasteiger partial charge in [0.05, 0.1) is 27.9 Å². The van der Waals surface area contributed by atoms with Crippen molar-refractivity contribution in [2.75, 3.05) is 6.54 Å². The molecule has 0 radical (unpaired) electrons. The number of aromatic nitrogens is 5. The third-order valence-corrected chi connectivity index (χ3v) is 5.79. The van der Waals surface area contributed by atoms with Gasteiger partial charge in [-0.3, -0.25) is 4.99 Å². The number of nitrogens with one attached hydrogen (secondary N) is 2. The maximum absolute atomic E-state index is 15.0. The fourth-order valence-electron chi connectivity index (χ4n) is 3.80. The predicted octanol–water partition coefficient (Wildman–Crippen LogP) is 3.89. The lowest BCUT2D eigenvalue weighted by Gasteiger charge is -2.07. The molecule has 0 saturated heterocycles. The van der Waals surface area contributed by atoms with Gasteiger partial charge in [-0.1, -0.05) is 35.0 Å². The minimum Gasteiger partial charge on any atom is -0.405 e. The second kappa shape index (κ2) is 8.95. The molecule has 0 bridgehead atoms. The van der Waals surface area contributed by atoms with E-state index in [9.17, 15) is 9.18 Å². The number of aromatic amines is 2. The summed E-state index contributed by atoms with van der Waals surface area (Å²) < 4.78 is 16.5. The standard InChI is InChI=1S/C24H19ClFN7O/c25-17-4-2-1-3-14(17)8-10-28-19(7-9-27)15-11-18(26)23-22(12-15)33(32-31-23)16-5-6-20-21(13-16)30-24(34)29-20/h1-7,9,11-13H,8,10,27H2,(H2,29,30,34). The van der Waals surface area contributed by atoms with E-state index >= 15 is 0 Å². The molecule has 0 saturated carbocycles. The largest absolute Gasteiger partial charge is 0.405 e. The number of allylic oxidation sites excluding steroid dienone is 1. The van der Waals surface area contributed by atoms with E-state index in [1.165, 1.54) is 16.9 Å². The Labute approximate surface area is 197 Å². The zero-order valence-electron chi connectivity index (χ0n) is 17.8. The molecule has 10 heteroatoms. The highest BCUT2D eigenvalue weighted by molar-refractivity contribution is 6.31. The van der Waals surface area contributed by atoms with Gasteiger partial charge in [0.1, 0.15) is 5.52 Å². The molecule has 5 aromatic rings. The highest BCUT2D eigenvalue weighted by Gasteiger charge is 2.15. The van der Waals surface area contributed by atoms with E-state index in [1.807, 2.05) is 24.3 Å². The molecule has 3 aromatic carbocycles. The van der Waals surface area contributed by atoms with Gasteiger partial charge in [0.25, 0.3) is 0 Å². The highest BCUT2D eigenvalue weighted by Crippen LogP contribution is 2.23. The van der Waals surface area contributed by atoms with Crippen molar-refractivity contribution in [2.45, 2.75) is 6.42 Å². The van der Waals surface area contributed by atoms with Crippen molar-refractivity contribution in [3.05, 3.63) is 99.3 Å². The summed E-state index contributed by atoms with van der Waals surface area (Å²) in [6.07, 6.45) is 3.61. The Kier molecular flexibility index (Phi) is 5.69. The number of fused-ring (bicyclic) bond motifs is 2. The number of imidazole rings is 1. The number of rotatable bonds is 6. The molecule has 2 heterocycles. The van der Waals surface area contributed by atoms with Crippen molar-refractivity contribution in [3.8, 4) is 5.69 Å². The van der Waals surface area contributed by atoms with Gasteiger partial charge in [-0.25, -0.2) is 13.9 Å². The normalized spacial score (nSPS) is 12.4. The Morgan fingerprint density at radius 3 is 2.79 bits per heavy atom. The zero-order valence-corrected chi connectivity index (χ0v) is 18.6. The van der Waals surface area contributed by atoms with Crippen LogP contribution in [0.25, 0.3) is 27.8 Å². The molecule has 0 aliphatic rings. The van der Waals surface area contributed by atoms with Gasteiger partial charge in [-0.05, 0) is 60.7 Å². The fraction of sp³-hybridized carbons (Fsp3) is 0.0833. The van der Waals surface area contributed by atoms with Crippen molar-refractivity contribution in [1.82, 2.24) is 25.0 Å². The van der Waals surface area contributed by atoms with Crippen molar-refractivity contribution in [1.29, 1.82) is 0 Å². The molecule has 34 heavy (non-hydrogen) atoms. The van der Waals surface area contributed by atoms with Gasteiger partial charge < -0.3 is 15.7 Å². The van der Waals surface area contributed by atoms with Crippen molar-refractivity contribution >= 4 is 39.4 Å². The van der Waals surface area contributed by atoms with E-state index in [0.717, 1.165) is 5.56 Å². The molecule has 0 amide bonds. The lowest BCUT2D eigenvalue weighted by Crippen LogP contribution is -2.04. The molecule has 8 nitrogen and oxygen atoms in total. The SMILES string of the molecule is NC=CC(=NCCc1ccccc1Cl)c1cc(F)c2nnn(-c3ccc4[nH]c(=O)[nH]c4c3)c2c1. The topological polar surface area (TPSA) is 118 Å². The van der Waals surface area contributed by atoms with Crippen LogP contribution in [0.1, 0.15) is 11.1 Å². The third-order valence-electron chi connectivity index (χ3n) is 5.42. The Morgan fingerprint density at radius 2 is 1.97 bits per heavy atom. The molecule has 170 valence electrons. The van der Waals surface area contributed by atoms with Crippen molar-refractivity contribution in [3.63, 3.8) is 0 Å². The van der Waals surface area contributed by atoms with Crippen LogP contribution in [0.15, 0.2) is 76.7 Å². The Balaban J connectivity index is 1.54. The zero-order chi connectivity index (χ0) is 23.7. The summed E-state index contributed by atoms with van der Waals surface area (Å²) in [7, 11) is 0. The molecular weight excluding hydrogens is 457 g/mol. The maximum atomic E-state index is 15.0. The van der Waals surface area contributed by atoms with Gasteiger partial charge in [-0.15, -0.1) is 5.10 Å². The van der Waals surface area contributed by atoms with Gasteiger partial charge >= 0.3 is 5.69 Å². The third kappa shape index (κ3) is 4.08. The molecule has 0 fully saturated rings. The maximum Gasteiger partial charge on any atom is 0.323 e. The fourth-order valence-corrected chi connectivity index (χ4v) is 4.03. The van der Waals surface area contributed by atoms with E-state index in [-0.39, 0.29) is 11.2 Å². The first kappa shape index (κ1) is 21.6. The average Bonchev–Trinajstić information content (AvgIpc) is 3.42. The summed E-state index contributed by atoms with van der Waals surface area (Å²) in [6, 6.07) is 15.9. The smallest absolute Gasteiger partial charge is 0.323 e. The van der Waals surface area contributed by atoms with E-state index in [4.69, 9.17) is 17.3 Å². The quantitative estimate of drug-likeness (QED) is 0.323. The van der Waals surface area contributed by atoms with Crippen molar-refractivity contribution in [2.24, 2.45) is 10.7 Å². The first-order valence-electron chi connectivity index (χ1n) is 10.5. The summed E-state index contributed by atoms with van der Waals surface area (Å²) in [5.41, 5.74) is 9.83. The Hall–Kier alpha value is -4.24. The summed E-state index contributed by atoms with van der Waals surface area (Å²) in [5, 5.41) is 8.80. The first-order chi connectivity index (χ1) is 16.5. The van der Waals surface area contributed by atoms with Crippen LogP contribution < -0.4 is 11.4 Å². The lowest BCUT2D eigenvalue weighted by atomic mass is 10.1. The van der Waals surface area contributed by atoms with Crippen molar-refractivity contribution < 1.29 is 4.39 Å². The molecule has 0 spiro atoms. The number of aliphatic imine (C=N–C) groups is 1. The lowest BCUT2D eigenvalue weighted by molar-refractivity contribution is 0.636. The van der Waals surface area contributed by atoms with Gasteiger partial charge in [0.2, 0.25) is 0 Å². The van der Waals surface area contributed by atoms with Gasteiger partial charge in [-0.2, -0.15) is 0 Å². The van der Waals surface area contributed by atoms with Crippen LogP contribution in [0.3, 0.4) is 0 Å². The van der Waals surface area contributed by atoms with E-state index in [1.54, 1.807) is 30.3 Å². The van der Waals surface area contributed by atoms with Crippen LogP contribution in [-0.4, -0.2) is 37.2 Å². The number of nitrogens with two attached hydrogens (primary N) is 1. The van der Waals surface area contributed by atoms with E-state index in [0.29, 0.717) is 51.5 Å². The average molecular weight is 476 g/mol. The van der Waals surface area contributed by atoms with Crippen LogP contribution in [0.2, 0.25) is 5.02 Å². The van der Waals surface area contributed by atoms with Crippen LogP contribution >= 0.6 is 11.6 Å². The molecule has 0 aliphatic carbocycles. The number of nitrogens with zero attached hydrogens (tertiary/aromatic N) is 4. The summed E-state index contributed by atoms with van der Waals surface area (Å²) in [6.45, 7) is 0.443. The molecule has 0 atom stereocenters. The van der Waals surface area contributed by atoms with Gasteiger partial charge in [0.15, 0.2) is 5.82 Å². The minimum atomic E-state index is -0.529. The second-order valence-corrected chi connectivity index (χ2v) is 8.01. The van der Waals surface area contributed by atoms with Crippen LogP contribution in [0.4, 0.5) is 4.39 Å². The predicted molar refractivity (Wildman–Crippen MR) is 131 cm³/mol. The summed E-state index contributed by atoms with van der Waals surface area (Å²) in [5.74, 6) is -0.529. The molecular formula is C24H19ClFN7O. The molecule has 0 aliphatic heterocycles. The first-order valence-corrected chi connectivity index (χ1v) is 10.8. The molecule has 2 aromatic heterocycles. The Morgan fingerprint density at radius 1 is 1.15 bits per heavy atom. The van der Waals surface area contributed by atoms with E-state index in [2.05, 4.69) is 25.3 Å².